The maximum atomic E-state index is 6.50. The Bertz CT molecular complexity index is 2740. The molecule has 8 aromatic rings. The highest BCUT2D eigenvalue weighted by molar-refractivity contribution is 6.32. The average Bonchev–Trinajstić information content (AvgIpc) is 3.26. The molecule has 1 aliphatic heterocycles. The van der Waals surface area contributed by atoms with E-state index in [1.807, 2.05) is 91.3 Å². The highest BCUT2D eigenvalue weighted by Gasteiger charge is 2.21. The van der Waals surface area contributed by atoms with Gasteiger partial charge in [0.2, 0.25) is 0 Å². The maximum absolute atomic E-state index is 6.50. The minimum absolute atomic E-state index is 0.0870. The summed E-state index contributed by atoms with van der Waals surface area (Å²) in [5, 5.41) is 12.4. The molecule has 6 nitrogen and oxygen atoms in total. The van der Waals surface area contributed by atoms with E-state index in [1.165, 1.54) is 16.7 Å². The van der Waals surface area contributed by atoms with Crippen LogP contribution in [0.15, 0.2) is 158 Å². The Morgan fingerprint density at radius 1 is 0.433 bits per heavy atom. The van der Waals surface area contributed by atoms with Crippen LogP contribution in [0.5, 0.6) is 0 Å². The quantitative estimate of drug-likeness (QED) is 0.128. The summed E-state index contributed by atoms with van der Waals surface area (Å²) >= 11 is 25.4. The average molecular weight is 869 g/mol. The Balaban J connectivity index is 0.840. The maximum Gasteiger partial charge on any atom is 0.0768 e. The van der Waals surface area contributed by atoms with Gasteiger partial charge in [0, 0.05) is 93.9 Å². The fourth-order valence-electron chi connectivity index (χ4n) is 8.12. The van der Waals surface area contributed by atoms with Gasteiger partial charge in [-0.15, -0.1) is 0 Å². The van der Waals surface area contributed by atoms with Gasteiger partial charge in [0.05, 0.1) is 23.1 Å². The molecule has 1 aliphatic rings. The lowest BCUT2D eigenvalue weighted by Gasteiger charge is -2.35. The highest BCUT2D eigenvalue weighted by atomic mass is 35.5. The number of benzene rings is 6. The third-order valence-electron chi connectivity index (χ3n) is 11.3. The van der Waals surface area contributed by atoms with Gasteiger partial charge < -0.3 is 10.6 Å². The number of fused-ring (bicyclic) bond motifs is 2. The molecule has 9 rings (SSSR count). The predicted molar refractivity (Wildman–Crippen MR) is 251 cm³/mol. The number of pyridine rings is 2. The third kappa shape index (κ3) is 9.40. The molecule has 0 amide bonds. The number of nitrogens with zero attached hydrogens (tertiary/aromatic N) is 4. The Morgan fingerprint density at radius 3 is 1.32 bits per heavy atom. The van der Waals surface area contributed by atoms with Crippen LogP contribution >= 0.6 is 46.4 Å². The number of hydrogen-bond acceptors (Lipinski definition) is 6. The molecule has 300 valence electrons. The van der Waals surface area contributed by atoms with Crippen LogP contribution in [-0.2, 0) is 13.1 Å². The lowest BCUT2D eigenvalue weighted by molar-refractivity contribution is 0.122. The van der Waals surface area contributed by atoms with Crippen LogP contribution < -0.4 is 10.6 Å². The predicted octanol–water partition coefficient (Wildman–Crippen LogP) is 13.1. The van der Waals surface area contributed by atoms with Gasteiger partial charge in [-0.05, 0) is 106 Å². The van der Waals surface area contributed by atoms with Gasteiger partial charge >= 0.3 is 0 Å². The van der Waals surface area contributed by atoms with Gasteiger partial charge in [0.25, 0.3) is 0 Å². The Labute approximate surface area is 370 Å². The topological polar surface area (TPSA) is 56.3 Å². The largest absolute Gasteiger partial charge is 0.374 e. The van der Waals surface area contributed by atoms with Gasteiger partial charge in [0.15, 0.2) is 0 Å². The number of piperazine rings is 1. The smallest absolute Gasteiger partial charge is 0.0768 e. The molecule has 0 radical (unpaired) electrons. The van der Waals surface area contributed by atoms with Crippen LogP contribution in [0.4, 0.5) is 11.4 Å². The molecule has 60 heavy (non-hydrogen) atoms. The lowest BCUT2D eigenvalue weighted by atomic mass is 9.96. The van der Waals surface area contributed by atoms with E-state index in [9.17, 15) is 0 Å². The summed E-state index contributed by atoms with van der Waals surface area (Å²) in [5.74, 6) is 0. The Kier molecular flexibility index (Phi) is 12.2. The minimum Gasteiger partial charge on any atom is -0.374 e. The van der Waals surface area contributed by atoms with Crippen molar-refractivity contribution in [2.75, 3.05) is 36.8 Å². The summed E-state index contributed by atoms with van der Waals surface area (Å²) in [6, 6.07) is 49.5. The first-order chi connectivity index (χ1) is 29.3. The number of nitrogens with one attached hydrogen (secondary N) is 2. The third-order valence-corrected chi connectivity index (χ3v) is 12.3. The number of rotatable bonds is 12. The molecular formula is C50H42Cl4N6. The first-order valence-electron chi connectivity index (χ1n) is 20.1. The van der Waals surface area contributed by atoms with Crippen molar-refractivity contribution in [2.24, 2.45) is 0 Å². The summed E-state index contributed by atoms with van der Waals surface area (Å²) in [7, 11) is 0. The first-order valence-corrected chi connectivity index (χ1v) is 21.6. The second kappa shape index (κ2) is 18.2. The minimum atomic E-state index is -0.113. The van der Waals surface area contributed by atoms with Crippen LogP contribution in [0.25, 0.3) is 21.8 Å². The van der Waals surface area contributed by atoms with Crippen LogP contribution in [0.2, 0.25) is 20.1 Å². The molecule has 2 aromatic heterocycles. The van der Waals surface area contributed by atoms with Gasteiger partial charge in [-0.3, -0.25) is 19.8 Å². The molecule has 0 aliphatic carbocycles. The van der Waals surface area contributed by atoms with E-state index in [0.29, 0.717) is 20.1 Å². The number of halogens is 4. The Hall–Kier alpha value is -5.18. The van der Waals surface area contributed by atoms with Gasteiger partial charge in [0.1, 0.15) is 0 Å². The molecule has 6 aromatic carbocycles. The van der Waals surface area contributed by atoms with Crippen LogP contribution in [-0.4, -0.2) is 45.9 Å². The molecule has 1 fully saturated rings. The van der Waals surface area contributed by atoms with Crippen LogP contribution in [0, 0.1) is 0 Å². The first kappa shape index (κ1) is 40.2. The van der Waals surface area contributed by atoms with Crippen LogP contribution in [0.3, 0.4) is 0 Å². The van der Waals surface area contributed by atoms with Crippen molar-refractivity contribution >= 4 is 79.6 Å². The van der Waals surface area contributed by atoms with Crippen molar-refractivity contribution < 1.29 is 0 Å². The molecule has 0 saturated carbocycles. The molecule has 1 saturated heterocycles. The Morgan fingerprint density at radius 2 is 0.850 bits per heavy atom. The zero-order chi connectivity index (χ0) is 41.0. The zero-order valence-corrected chi connectivity index (χ0v) is 35.7. The van der Waals surface area contributed by atoms with Gasteiger partial charge in [-0.25, -0.2) is 0 Å². The molecule has 3 heterocycles. The molecule has 2 unspecified atom stereocenters. The number of anilines is 2. The number of hydrogen-bond donors (Lipinski definition) is 2. The molecule has 0 bridgehead atoms. The lowest BCUT2D eigenvalue weighted by Crippen LogP contribution is -2.45. The summed E-state index contributed by atoms with van der Waals surface area (Å²) in [5.41, 5.74) is 10.8. The van der Waals surface area contributed by atoms with Crippen LogP contribution in [0.1, 0.15) is 45.5 Å². The van der Waals surface area contributed by atoms with E-state index in [0.717, 1.165) is 89.1 Å². The molecule has 2 atom stereocenters. The monoisotopic (exact) mass is 866 g/mol. The van der Waals surface area contributed by atoms with Gasteiger partial charge in [-0.2, -0.15) is 0 Å². The normalized spacial score (nSPS) is 14.6. The number of aromatic nitrogens is 2. The van der Waals surface area contributed by atoms with Crippen molar-refractivity contribution in [3.8, 4) is 0 Å². The van der Waals surface area contributed by atoms with Crippen molar-refractivity contribution in [3.05, 3.63) is 211 Å². The fraction of sp³-hybridized carbons (Fsp3) is 0.160. The van der Waals surface area contributed by atoms with E-state index in [2.05, 4.69) is 97.1 Å². The molecule has 2 N–H and O–H groups in total. The molecule has 10 heteroatoms. The van der Waals surface area contributed by atoms with Crippen molar-refractivity contribution in [2.45, 2.75) is 25.2 Å². The van der Waals surface area contributed by atoms with E-state index in [-0.39, 0.29) is 12.1 Å². The van der Waals surface area contributed by atoms with Gasteiger partial charge in [-0.1, -0.05) is 119 Å². The second-order valence-corrected chi connectivity index (χ2v) is 17.1. The molecule has 0 spiro atoms. The van der Waals surface area contributed by atoms with Crippen molar-refractivity contribution in [1.82, 2.24) is 19.8 Å². The summed E-state index contributed by atoms with van der Waals surface area (Å²) < 4.78 is 0. The summed E-state index contributed by atoms with van der Waals surface area (Å²) in [4.78, 5) is 14.2. The SMILES string of the molecule is Clc1ccc(C(Nc2ccnc3cc(Cl)ccc23)c2ccc(CN3CCN(Cc4ccc(C(Nc5ccnc6cc(Cl)ccc56)c5cccc(Cl)c5)cc4)CC3)cc2)cc1. The zero-order valence-electron chi connectivity index (χ0n) is 32.7. The molecular weight excluding hydrogens is 826 g/mol. The van der Waals surface area contributed by atoms with E-state index in [4.69, 9.17) is 46.4 Å². The van der Waals surface area contributed by atoms with E-state index >= 15 is 0 Å². The summed E-state index contributed by atoms with van der Waals surface area (Å²) in [6.07, 6.45) is 3.63. The van der Waals surface area contributed by atoms with E-state index in [1.54, 1.807) is 0 Å². The second-order valence-electron chi connectivity index (χ2n) is 15.3. The summed E-state index contributed by atoms with van der Waals surface area (Å²) in [6.45, 7) is 5.88. The van der Waals surface area contributed by atoms with Crippen molar-refractivity contribution in [1.29, 1.82) is 0 Å². The standard InChI is InChI=1S/C50H42Cl4N6/c51-39-14-12-37(13-15-39)49(57-45-20-22-55-47-29-41(53)16-18-43(45)47)35-8-4-33(5-9-35)31-59-24-26-60(27-25-59)32-34-6-10-36(11-7-34)50(38-2-1-3-40(52)28-38)58-46-21-23-56-48-30-42(54)17-19-44(46)48/h1-23,28-30,49-50H,24-27,31-32H2,(H,55,57)(H,56,58). The highest BCUT2D eigenvalue weighted by Crippen LogP contribution is 2.34. The fourth-order valence-corrected chi connectivity index (χ4v) is 8.78. The van der Waals surface area contributed by atoms with Crippen molar-refractivity contribution in [3.63, 3.8) is 0 Å². The van der Waals surface area contributed by atoms with E-state index < -0.39 is 0 Å².